The highest BCUT2D eigenvalue weighted by atomic mass is 32.1. The second-order valence-electron chi connectivity index (χ2n) is 4.71. The lowest BCUT2D eigenvalue weighted by Gasteiger charge is -2.11. The fraction of sp³-hybridized carbons (Fsp3) is 0.400. The molecule has 0 aliphatic carbocycles. The number of para-hydroxylation sites is 1. The zero-order valence-corrected chi connectivity index (χ0v) is 12.3. The molecule has 0 saturated heterocycles. The maximum Gasteiger partial charge on any atom is 0.111 e. The molecule has 1 aromatic heterocycles. The van der Waals surface area contributed by atoms with Crippen LogP contribution in [0.25, 0.3) is 10.2 Å². The molecular weight excluding hydrogens is 256 g/mol. The predicted octanol–water partition coefficient (Wildman–Crippen LogP) is 3.54. The van der Waals surface area contributed by atoms with Crippen molar-refractivity contribution < 1.29 is 4.74 Å². The Bertz CT molecular complexity index is 517. The molecule has 2 rings (SSSR count). The first-order chi connectivity index (χ1) is 9.16. The number of rotatable bonds is 7. The van der Waals surface area contributed by atoms with Crippen molar-refractivity contribution in [3.05, 3.63) is 41.4 Å². The summed E-state index contributed by atoms with van der Waals surface area (Å²) >= 11 is 1.75. The topological polar surface area (TPSA) is 34.1 Å². The SMILES string of the molecule is C=C(C)COCCNC(C)c1nc2ccccc2s1. The van der Waals surface area contributed by atoms with E-state index in [4.69, 9.17) is 4.74 Å². The molecule has 0 amide bonds. The Kier molecular flexibility index (Phi) is 5.07. The molecule has 0 aliphatic rings. The summed E-state index contributed by atoms with van der Waals surface area (Å²) < 4.78 is 6.70. The molecule has 3 nitrogen and oxygen atoms in total. The molecular formula is C15H20N2OS. The maximum atomic E-state index is 5.46. The van der Waals surface area contributed by atoms with Gasteiger partial charge in [0.15, 0.2) is 0 Å². The lowest BCUT2D eigenvalue weighted by molar-refractivity contribution is 0.156. The third-order valence-corrected chi connectivity index (χ3v) is 3.95. The Balaban J connectivity index is 1.82. The average Bonchev–Trinajstić information content (AvgIpc) is 2.81. The minimum atomic E-state index is 0.255. The Hall–Kier alpha value is -1.23. The molecule has 1 heterocycles. The summed E-state index contributed by atoms with van der Waals surface area (Å²) in [6, 6.07) is 8.49. The van der Waals surface area contributed by atoms with Crippen LogP contribution >= 0.6 is 11.3 Å². The minimum absolute atomic E-state index is 0.255. The van der Waals surface area contributed by atoms with Crippen LogP contribution in [0.2, 0.25) is 0 Å². The summed E-state index contributed by atoms with van der Waals surface area (Å²) in [4.78, 5) is 4.64. The van der Waals surface area contributed by atoms with Gasteiger partial charge in [0.25, 0.3) is 0 Å². The second kappa shape index (κ2) is 6.80. The van der Waals surface area contributed by atoms with Crippen LogP contribution in [0.4, 0.5) is 0 Å². The number of hydrogen-bond donors (Lipinski definition) is 1. The van der Waals surface area contributed by atoms with E-state index in [0.717, 1.165) is 22.6 Å². The highest BCUT2D eigenvalue weighted by Crippen LogP contribution is 2.25. The summed E-state index contributed by atoms with van der Waals surface area (Å²) in [5.41, 5.74) is 2.13. The zero-order valence-electron chi connectivity index (χ0n) is 11.5. The standard InChI is InChI=1S/C15H20N2OS/c1-11(2)10-18-9-8-16-12(3)15-17-13-6-4-5-7-14(13)19-15/h4-7,12,16H,1,8-10H2,2-3H3. The monoisotopic (exact) mass is 276 g/mol. The number of fused-ring (bicyclic) bond motifs is 1. The van der Waals surface area contributed by atoms with Crippen molar-refractivity contribution in [1.82, 2.24) is 10.3 Å². The molecule has 102 valence electrons. The fourth-order valence-electron chi connectivity index (χ4n) is 1.76. The first-order valence-corrected chi connectivity index (χ1v) is 7.29. The molecule has 1 unspecified atom stereocenters. The van der Waals surface area contributed by atoms with E-state index in [1.54, 1.807) is 11.3 Å². The third kappa shape index (κ3) is 4.13. The Morgan fingerprint density at radius 3 is 3.00 bits per heavy atom. The van der Waals surface area contributed by atoms with Gasteiger partial charge in [0.1, 0.15) is 5.01 Å². The number of hydrogen-bond acceptors (Lipinski definition) is 4. The van der Waals surface area contributed by atoms with Crippen LogP contribution < -0.4 is 5.32 Å². The Morgan fingerprint density at radius 1 is 1.47 bits per heavy atom. The fourth-order valence-corrected chi connectivity index (χ4v) is 2.75. The molecule has 1 N–H and O–H groups in total. The Morgan fingerprint density at radius 2 is 2.26 bits per heavy atom. The minimum Gasteiger partial charge on any atom is -0.376 e. The zero-order chi connectivity index (χ0) is 13.7. The molecule has 2 aromatic rings. The third-order valence-electron chi connectivity index (χ3n) is 2.73. The van der Waals surface area contributed by atoms with Crippen LogP contribution in [0.5, 0.6) is 0 Å². The van der Waals surface area contributed by atoms with E-state index >= 15 is 0 Å². The van der Waals surface area contributed by atoms with Crippen LogP contribution in [-0.2, 0) is 4.74 Å². The van der Waals surface area contributed by atoms with Crippen molar-refractivity contribution in [1.29, 1.82) is 0 Å². The van der Waals surface area contributed by atoms with E-state index < -0.39 is 0 Å². The van der Waals surface area contributed by atoms with Gasteiger partial charge < -0.3 is 10.1 Å². The van der Waals surface area contributed by atoms with Crippen molar-refractivity contribution in [2.24, 2.45) is 0 Å². The lowest BCUT2D eigenvalue weighted by Crippen LogP contribution is -2.23. The van der Waals surface area contributed by atoms with Gasteiger partial charge in [0.05, 0.1) is 29.5 Å². The average molecular weight is 276 g/mol. The maximum absolute atomic E-state index is 5.46. The molecule has 0 fully saturated rings. The van der Waals surface area contributed by atoms with Crippen LogP contribution in [0.1, 0.15) is 24.9 Å². The van der Waals surface area contributed by atoms with E-state index in [-0.39, 0.29) is 6.04 Å². The van der Waals surface area contributed by atoms with Gasteiger partial charge in [-0.25, -0.2) is 4.98 Å². The summed E-state index contributed by atoms with van der Waals surface area (Å²) in [7, 11) is 0. The number of nitrogens with one attached hydrogen (secondary N) is 1. The highest BCUT2D eigenvalue weighted by molar-refractivity contribution is 7.18. The number of aromatic nitrogens is 1. The smallest absolute Gasteiger partial charge is 0.111 e. The van der Waals surface area contributed by atoms with Gasteiger partial charge in [0, 0.05) is 6.54 Å². The van der Waals surface area contributed by atoms with Crippen molar-refractivity contribution in [2.45, 2.75) is 19.9 Å². The molecule has 0 bridgehead atoms. The van der Waals surface area contributed by atoms with Crippen LogP contribution in [-0.4, -0.2) is 24.7 Å². The molecule has 0 radical (unpaired) electrons. The highest BCUT2D eigenvalue weighted by Gasteiger charge is 2.10. The molecule has 4 heteroatoms. The van der Waals surface area contributed by atoms with Gasteiger partial charge in [-0.3, -0.25) is 0 Å². The molecule has 0 aliphatic heterocycles. The summed E-state index contributed by atoms with van der Waals surface area (Å²) in [5.74, 6) is 0. The van der Waals surface area contributed by atoms with Gasteiger partial charge in [-0.05, 0) is 26.0 Å². The van der Waals surface area contributed by atoms with Crippen LogP contribution in [0.3, 0.4) is 0 Å². The summed E-state index contributed by atoms with van der Waals surface area (Å²) in [6.07, 6.45) is 0. The van der Waals surface area contributed by atoms with Crippen LogP contribution in [0, 0.1) is 0 Å². The van der Waals surface area contributed by atoms with Crippen molar-refractivity contribution in [3.63, 3.8) is 0 Å². The van der Waals surface area contributed by atoms with Gasteiger partial charge in [-0.2, -0.15) is 0 Å². The van der Waals surface area contributed by atoms with E-state index in [2.05, 4.69) is 35.9 Å². The number of thiazole rings is 1. The second-order valence-corrected chi connectivity index (χ2v) is 5.77. The van der Waals surface area contributed by atoms with Crippen molar-refractivity contribution >= 4 is 21.6 Å². The first-order valence-electron chi connectivity index (χ1n) is 6.48. The normalized spacial score (nSPS) is 12.7. The largest absolute Gasteiger partial charge is 0.376 e. The number of nitrogens with zero attached hydrogens (tertiary/aromatic N) is 1. The summed E-state index contributed by atoms with van der Waals surface area (Å²) in [5, 5.41) is 4.55. The first kappa shape index (κ1) is 14.2. The molecule has 0 spiro atoms. The van der Waals surface area contributed by atoms with E-state index in [9.17, 15) is 0 Å². The summed E-state index contributed by atoms with van der Waals surface area (Å²) in [6.45, 7) is 10.1. The van der Waals surface area contributed by atoms with Gasteiger partial charge in [-0.1, -0.05) is 24.3 Å². The van der Waals surface area contributed by atoms with E-state index in [0.29, 0.717) is 13.2 Å². The Labute approximate surface area is 118 Å². The molecule has 0 saturated carbocycles. The van der Waals surface area contributed by atoms with Gasteiger partial charge in [0.2, 0.25) is 0 Å². The van der Waals surface area contributed by atoms with Crippen LogP contribution in [0.15, 0.2) is 36.4 Å². The molecule has 1 aromatic carbocycles. The number of benzene rings is 1. The van der Waals surface area contributed by atoms with E-state index in [1.165, 1.54) is 4.70 Å². The quantitative estimate of drug-likeness (QED) is 0.620. The predicted molar refractivity (Wildman–Crippen MR) is 81.7 cm³/mol. The van der Waals surface area contributed by atoms with Crippen molar-refractivity contribution in [3.8, 4) is 0 Å². The van der Waals surface area contributed by atoms with Crippen molar-refractivity contribution in [2.75, 3.05) is 19.8 Å². The van der Waals surface area contributed by atoms with E-state index in [1.807, 2.05) is 19.1 Å². The number of ether oxygens (including phenoxy) is 1. The lowest BCUT2D eigenvalue weighted by atomic mass is 10.3. The van der Waals surface area contributed by atoms with Gasteiger partial charge in [-0.15, -0.1) is 11.3 Å². The van der Waals surface area contributed by atoms with Gasteiger partial charge >= 0.3 is 0 Å². The molecule has 1 atom stereocenters. The molecule has 19 heavy (non-hydrogen) atoms.